The molecule has 0 amide bonds. The lowest BCUT2D eigenvalue weighted by atomic mass is 9.95. The van der Waals surface area contributed by atoms with Crippen LogP contribution in [0.2, 0.25) is 5.02 Å². The van der Waals surface area contributed by atoms with Gasteiger partial charge in [-0.25, -0.2) is 0 Å². The van der Waals surface area contributed by atoms with E-state index in [0.717, 1.165) is 18.6 Å². The molecule has 2 rings (SSSR count). The predicted molar refractivity (Wildman–Crippen MR) is 70.0 cm³/mol. The van der Waals surface area contributed by atoms with E-state index in [-0.39, 0.29) is 6.10 Å². The maximum absolute atomic E-state index is 5.94. The SMILES string of the molecule is COSC1CC(Oc2cc(Cl)ccc2OC)C1. The van der Waals surface area contributed by atoms with E-state index in [0.29, 0.717) is 16.0 Å². The molecule has 1 saturated carbocycles. The van der Waals surface area contributed by atoms with E-state index < -0.39 is 0 Å². The summed E-state index contributed by atoms with van der Waals surface area (Å²) in [5.74, 6) is 1.43. The van der Waals surface area contributed by atoms with Crippen molar-refractivity contribution in [3.05, 3.63) is 23.2 Å². The third-order valence-corrected chi connectivity index (χ3v) is 3.79. The van der Waals surface area contributed by atoms with Crippen LogP contribution in [-0.2, 0) is 4.18 Å². The molecule has 1 fully saturated rings. The number of methoxy groups -OCH3 is 1. The number of hydrogen-bond donors (Lipinski definition) is 0. The van der Waals surface area contributed by atoms with Gasteiger partial charge in [0, 0.05) is 16.3 Å². The zero-order valence-electron chi connectivity index (χ0n) is 9.81. The summed E-state index contributed by atoms with van der Waals surface area (Å²) in [5.41, 5.74) is 0. The van der Waals surface area contributed by atoms with E-state index in [1.165, 1.54) is 12.0 Å². The lowest BCUT2D eigenvalue weighted by molar-refractivity contribution is 0.120. The minimum Gasteiger partial charge on any atom is -0.493 e. The molecule has 1 aliphatic rings. The van der Waals surface area contributed by atoms with Gasteiger partial charge in [-0.05, 0) is 37.0 Å². The Hall–Kier alpha value is -0.580. The van der Waals surface area contributed by atoms with E-state index in [9.17, 15) is 0 Å². The minimum atomic E-state index is 0.231. The summed E-state index contributed by atoms with van der Waals surface area (Å²) < 4.78 is 16.1. The van der Waals surface area contributed by atoms with Gasteiger partial charge in [0.15, 0.2) is 11.5 Å². The summed E-state index contributed by atoms with van der Waals surface area (Å²) in [6.45, 7) is 0. The number of benzene rings is 1. The lowest BCUT2D eigenvalue weighted by Gasteiger charge is -2.34. The molecule has 0 heterocycles. The van der Waals surface area contributed by atoms with Crippen molar-refractivity contribution >= 4 is 23.6 Å². The maximum atomic E-state index is 5.94. The zero-order valence-corrected chi connectivity index (χ0v) is 11.4. The molecule has 17 heavy (non-hydrogen) atoms. The molecule has 5 heteroatoms. The number of halogens is 1. The molecule has 0 N–H and O–H groups in total. The monoisotopic (exact) mass is 274 g/mol. The molecule has 0 aromatic heterocycles. The molecule has 1 aromatic rings. The molecule has 1 aliphatic carbocycles. The Kier molecular flexibility index (Phi) is 4.42. The highest BCUT2D eigenvalue weighted by atomic mass is 35.5. The van der Waals surface area contributed by atoms with Gasteiger partial charge in [-0.3, -0.25) is 0 Å². The molecule has 0 atom stereocenters. The first-order valence-corrected chi connectivity index (χ1v) is 6.61. The van der Waals surface area contributed by atoms with Crippen molar-refractivity contribution in [3.8, 4) is 11.5 Å². The third kappa shape index (κ3) is 3.21. The summed E-state index contributed by atoms with van der Waals surface area (Å²) in [6.07, 6.45) is 2.22. The maximum Gasteiger partial charge on any atom is 0.163 e. The molecule has 0 bridgehead atoms. The van der Waals surface area contributed by atoms with Gasteiger partial charge >= 0.3 is 0 Å². The van der Waals surface area contributed by atoms with Crippen molar-refractivity contribution < 1.29 is 13.7 Å². The first kappa shape index (κ1) is 12.9. The normalized spacial score (nSPS) is 23.0. The molecular formula is C12H15ClO3S. The highest BCUT2D eigenvalue weighted by molar-refractivity contribution is 7.95. The van der Waals surface area contributed by atoms with Gasteiger partial charge in [-0.1, -0.05) is 11.6 Å². The Balaban J connectivity index is 1.93. The molecule has 0 saturated heterocycles. The van der Waals surface area contributed by atoms with Gasteiger partial charge in [-0.15, -0.1) is 0 Å². The van der Waals surface area contributed by atoms with Crippen LogP contribution in [0, 0.1) is 0 Å². The van der Waals surface area contributed by atoms with Crippen molar-refractivity contribution in [2.45, 2.75) is 24.2 Å². The van der Waals surface area contributed by atoms with Gasteiger partial charge in [0.1, 0.15) is 6.10 Å². The van der Waals surface area contributed by atoms with E-state index in [1.54, 1.807) is 26.4 Å². The molecular weight excluding hydrogens is 260 g/mol. The highest BCUT2D eigenvalue weighted by Gasteiger charge is 2.32. The van der Waals surface area contributed by atoms with Crippen molar-refractivity contribution in [3.63, 3.8) is 0 Å². The predicted octanol–water partition coefficient (Wildman–Crippen LogP) is 3.55. The minimum absolute atomic E-state index is 0.231. The fraction of sp³-hybridized carbons (Fsp3) is 0.500. The van der Waals surface area contributed by atoms with E-state index >= 15 is 0 Å². The average molecular weight is 275 g/mol. The molecule has 1 aromatic carbocycles. The zero-order chi connectivity index (χ0) is 12.3. The Morgan fingerprint density at radius 2 is 2.00 bits per heavy atom. The van der Waals surface area contributed by atoms with Crippen molar-refractivity contribution in [1.82, 2.24) is 0 Å². The molecule has 0 spiro atoms. The van der Waals surface area contributed by atoms with Crippen LogP contribution >= 0.6 is 23.6 Å². The topological polar surface area (TPSA) is 27.7 Å². The molecule has 0 radical (unpaired) electrons. The van der Waals surface area contributed by atoms with Crippen LogP contribution in [0.5, 0.6) is 11.5 Å². The van der Waals surface area contributed by atoms with E-state index in [4.69, 9.17) is 25.3 Å². The van der Waals surface area contributed by atoms with Crippen molar-refractivity contribution in [2.75, 3.05) is 14.2 Å². The van der Waals surface area contributed by atoms with Gasteiger partial charge in [0.05, 0.1) is 14.2 Å². The van der Waals surface area contributed by atoms with Gasteiger partial charge in [0.25, 0.3) is 0 Å². The van der Waals surface area contributed by atoms with Crippen molar-refractivity contribution in [2.24, 2.45) is 0 Å². The second-order valence-corrected chi connectivity index (χ2v) is 5.52. The summed E-state index contributed by atoms with van der Waals surface area (Å²) in [6, 6.07) is 5.40. The van der Waals surface area contributed by atoms with Gasteiger partial charge in [-0.2, -0.15) is 0 Å². The standard InChI is InChI=1S/C12H15ClO3S/c1-14-11-4-3-8(13)5-12(11)16-9-6-10(7-9)17-15-2/h3-5,9-10H,6-7H2,1-2H3. The fourth-order valence-corrected chi connectivity index (χ4v) is 2.77. The van der Waals surface area contributed by atoms with Crippen LogP contribution in [0.4, 0.5) is 0 Å². The Morgan fingerprint density at radius 1 is 1.24 bits per heavy atom. The second kappa shape index (κ2) is 5.85. The van der Waals surface area contributed by atoms with Crippen LogP contribution in [-0.4, -0.2) is 25.6 Å². The summed E-state index contributed by atoms with van der Waals surface area (Å²) >= 11 is 7.45. The summed E-state index contributed by atoms with van der Waals surface area (Å²) in [4.78, 5) is 0. The molecule has 94 valence electrons. The van der Waals surface area contributed by atoms with E-state index in [1.807, 2.05) is 6.07 Å². The largest absolute Gasteiger partial charge is 0.493 e. The summed E-state index contributed by atoms with van der Waals surface area (Å²) in [7, 11) is 3.32. The number of hydrogen-bond acceptors (Lipinski definition) is 4. The molecule has 0 aliphatic heterocycles. The van der Waals surface area contributed by atoms with Gasteiger partial charge < -0.3 is 13.7 Å². The van der Waals surface area contributed by atoms with E-state index in [2.05, 4.69) is 0 Å². The average Bonchev–Trinajstić information content (AvgIpc) is 2.26. The Labute approximate surface area is 111 Å². The second-order valence-electron chi connectivity index (χ2n) is 3.89. The Bertz CT molecular complexity index is 380. The highest BCUT2D eigenvalue weighted by Crippen LogP contribution is 2.38. The first-order chi connectivity index (χ1) is 8.22. The number of ether oxygens (including phenoxy) is 2. The van der Waals surface area contributed by atoms with Crippen LogP contribution in [0.1, 0.15) is 12.8 Å². The molecule has 0 unspecified atom stereocenters. The van der Waals surface area contributed by atoms with Crippen LogP contribution in [0.3, 0.4) is 0 Å². The van der Waals surface area contributed by atoms with Crippen LogP contribution < -0.4 is 9.47 Å². The lowest BCUT2D eigenvalue weighted by Crippen LogP contribution is -2.35. The molecule has 3 nitrogen and oxygen atoms in total. The van der Waals surface area contributed by atoms with Gasteiger partial charge in [0.2, 0.25) is 0 Å². The number of rotatable bonds is 5. The first-order valence-electron chi connectivity index (χ1n) is 5.42. The third-order valence-electron chi connectivity index (χ3n) is 2.70. The Morgan fingerprint density at radius 3 is 2.65 bits per heavy atom. The van der Waals surface area contributed by atoms with Crippen molar-refractivity contribution in [1.29, 1.82) is 0 Å². The fourth-order valence-electron chi connectivity index (χ4n) is 1.75. The smallest absolute Gasteiger partial charge is 0.163 e. The van der Waals surface area contributed by atoms with Crippen LogP contribution in [0.15, 0.2) is 18.2 Å². The summed E-state index contributed by atoms with van der Waals surface area (Å²) in [5, 5.41) is 1.19. The quantitative estimate of drug-likeness (QED) is 0.768. The van der Waals surface area contributed by atoms with Crippen LogP contribution in [0.25, 0.3) is 0 Å².